The fourth-order valence-corrected chi connectivity index (χ4v) is 3.78. The van der Waals surface area contributed by atoms with Crippen LogP contribution in [0.5, 0.6) is 17.2 Å². The molecule has 0 aliphatic carbocycles. The number of Topliss-reactive ketones (excluding diaryl/α,β-unsaturated/α-hetero) is 1. The van der Waals surface area contributed by atoms with E-state index < -0.39 is 5.97 Å². The molecular formula is C28H26O6. The molecule has 0 amide bonds. The standard InChI is InChI=1S/C28H26O6/c1-18(2)34-22-12-9-20(10-13-22)27(29)23(15-19-7-5-4-6-8-19)26(28(30)31-3)21-11-14-24-25(16-21)33-17-32-24/h4-14,16,18H,15,17H2,1-3H3/b26-23-. The summed E-state index contributed by atoms with van der Waals surface area (Å²) in [5.74, 6) is 0.908. The van der Waals surface area contributed by atoms with Gasteiger partial charge in [0.1, 0.15) is 5.75 Å². The largest absolute Gasteiger partial charge is 0.491 e. The number of ketones is 1. The summed E-state index contributed by atoms with van der Waals surface area (Å²) in [6.07, 6.45) is 0.273. The molecule has 174 valence electrons. The highest BCUT2D eigenvalue weighted by molar-refractivity contribution is 6.27. The van der Waals surface area contributed by atoms with Crippen LogP contribution in [0.4, 0.5) is 0 Å². The van der Waals surface area contributed by atoms with Crippen LogP contribution in [0.3, 0.4) is 0 Å². The molecule has 0 bridgehead atoms. The summed E-state index contributed by atoms with van der Waals surface area (Å²) in [7, 11) is 1.30. The number of ether oxygens (including phenoxy) is 4. The van der Waals surface area contributed by atoms with Crippen LogP contribution in [-0.4, -0.2) is 31.8 Å². The minimum absolute atomic E-state index is 0.0204. The second kappa shape index (κ2) is 10.3. The van der Waals surface area contributed by atoms with Crippen molar-refractivity contribution in [2.45, 2.75) is 26.4 Å². The molecule has 6 nitrogen and oxygen atoms in total. The van der Waals surface area contributed by atoms with Crippen LogP contribution in [0.15, 0.2) is 78.4 Å². The predicted molar refractivity (Wildman–Crippen MR) is 128 cm³/mol. The van der Waals surface area contributed by atoms with Gasteiger partial charge in [-0.1, -0.05) is 36.4 Å². The molecule has 3 aromatic rings. The molecule has 1 aliphatic rings. The first-order valence-electron chi connectivity index (χ1n) is 11.0. The van der Waals surface area contributed by atoms with E-state index in [9.17, 15) is 9.59 Å². The van der Waals surface area contributed by atoms with E-state index in [1.54, 1.807) is 42.5 Å². The Morgan fingerprint density at radius 3 is 2.24 bits per heavy atom. The molecule has 0 radical (unpaired) electrons. The van der Waals surface area contributed by atoms with Crippen molar-refractivity contribution in [3.63, 3.8) is 0 Å². The first-order valence-corrected chi connectivity index (χ1v) is 11.0. The molecule has 0 saturated heterocycles. The third kappa shape index (κ3) is 5.12. The Bertz CT molecular complexity index is 1210. The average Bonchev–Trinajstić information content (AvgIpc) is 3.32. The molecule has 4 rings (SSSR count). The number of carbonyl (C=O) groups excluding carboxylic acids is 2. The lowest BCUT2D eigenvalue weighted by Crippen LogP contribution is -2.15. The molecule has 1 heterocycles. The van der Waals surface area contributed by atoms with Gasteiger partial charge in [-0.25, -0.2) is 4.79 Å². The first kappa shape index (κ1) is 23.1. The van der Waals surface area contributed by atoms with E-state index in [0.29, 0.717) is 33.9 Å². The SMILES string of the molecule is COC(=O)/C(=C(/Cc1ccccc1)C(=O)c1ccc(OC(C)C)cc1)c1ccc2c(c1)OCO2. The third-order valence-corrected chi connectivity index (χ3v) is 5.34. The van der Waals surface area contributed by atoms with Crippen molar-refractivity contribution in [3.8, 4) is 17.2 Å². The monoisotopic (exact) mass is 458 g/mol. The fourth-order valence-electron chi connectivity index (χ4n) is 3.78. The van der Waals surface area contributed by atoms with Crippen molar-refractivity contribution in [2.75, 3.05) is 13.9 Å². The molecule has 0 N–H and O–H groups in total. The van der Waals surface area contributed by atoms with Gasteiger partial charge >= 0.3 is 5.97 Å². The highest BCUT2D eigenvalue weighted by Crippen LogP contribution is 2.36. The zero-order valence-electron chi connectivity index (χ0n) is 19.4. The molecule has 0 spiro atoms. The number of methoxy groups -OCH3 is 1. The van der Waals surface area contributed by atoms with Crippen LogP contribution < -0.4 is 14.2 Å². The molecule has 0 atom stereocenters. The molecule has 0 aromatic heterocycles. The van der Waals surface area contributed by atoms with E-state index in [2.05, 4.69) is 0 Å². The van der Waals surface area contributed by atoms with Gasteiger partial charge in [-0.05, 0) is 61.4 Å². The predicted octanol–water partition coefficient (Wildman–Crippen LogP) is 5.25. The number of benzene rings is 3. The zero-order chi connectivity index (χ0) is 24.1. The van der Waals surface area contributed by atoms with E-state index in [0.717, 1.165) is 5.56 Å². The number of allylic oxidation sites excluding steroid dienone is 1. The molecular weight excluding hydrogens is 432 g/mol. The molecule has 0 saturated carbocycles. The molecule has 34 heavy (non-hydrogen) atoms. The summed E-state index contributed by atoms with van der Waals surface area (Å²) in [5, 5.41) is 0. The van der Waals surface area contributed by atoms with E-state index in [4.69, 9.17) is 18.9 Å². The number of carbonyl (C=O) groups is 2. The van der Waals surface area contributed by atoms with E-state index >= 15 is 0 Å². The van der Waals surface area contributed by atoms with Crippen molar-refractivity contribution < 1.29 is 28.5 Å². The van der Waals surface area contributed by atoms with Crippen LogP contribution in [-0.2, 0) is 16.0 Å². The highest BCUT2D eigenvalue weighted by atomic mass is 16.7. The number of rotatable bonds is 8. The smallest absolute Gasteiger partial charge is 0.338 e. The normalized spacial score (nSPS) is 12.8. The van der Waals surface area contributed by atoms with Crippen molar-refractivity contribution in [3.05, 3.63) is 95.1 Å². The van der Waals surface area contributed by atoms with Gasteiger partial charge < -0.3 is 18.9 Å². The van der Waals surface area contributed by atoms with E-state index in [1.807, 2.05) is 44.2 Å². The molecule has 0 fully saturated rings. The highest BCUT2D eigenvalue weighted by Gasteiger charge is 2.26. The Labute approximate surface area is 198 Å². The number of esters is 1. The van der Waals surface area contributed by atoms with E-state index in [-0.39, 0.29) is 30.7 Å². The summed E-state index contributed by atoms with van der Waals surface area (Å²) in [6.45, 7) is 3.98. The van der Waals surface area contributed by atoms with Crippen LogP contribution in [0.1, 0.15) is 35.3 Å². The maximum Gasteiger partial charge on any atom is 0.338 e. The fraction of sp³-hybridized carbons (Fsp3) is 0.214. The van der Waals surface area contributed by atoms with Gasteiger partial charge in [-0.2, -0.15) is 0 Å². The van der Waals surface area contributed by atoms with Crippen molar-refractivity contribution in [2.24, 2.45) is 0 Å². The van der Waals surface area contributed by atoms with Gasteiger partial charge in [0.2, 0.25) is 6.79 Å². The quantitative estimate of drug-likeness (QED) is 0.261. The van der Waals surface area contributed by atoms with Crippen LogP contribution >= 0.6 is 0 Å². The first-order chi connectivity index (χ1) is 16.5. The average molecular weight is 459 g/mol. The summed E-state index contributed by atoms with van der Waals surface area (Å²) in [6, 6.07) is 21.6. The number of hydrogen-bond acceptors (Lipinski definition) is 6. The number of fused-ring (bicyclic) bond motifs is 1. The molecule has 3 aromatic carbocycles. The Morgan fingerprint density at radius 2 is 1.56 bits per heavy atom. The van der Waals surface area contributed by atoms with E-state index in [1.165, 1.54) is 7.11 Å². The van der Waals surface area contributed by atoms with Gasteiger partial charge in [-0.15, -0.1) is 0 Å². The Kier molecular flexibility index (Phi) is 6.97. The maximum absolute atomic E-state index is 13.8. The molecule has 1 aliphatic heterocycles. The Morgan fingerprint density at radius 1 is 0.882 bits per heavy atom. The molecule has 0 unspecified atom stereocenters. The van der Waals surface area contributed by atoms with Crippen LogP contribution in [0.25, 0.3) is 5.57 Å². The minimum Gasteiger partial charge on any atom is -0.491 e. The van der Waals surface area contributed by atoms with Gasteiger partial charge in [0.05, 0.1) is 18.8 Å². The second-order valence-electron chi connectivity index (χ2n) is 8.10. The summed E-state index contributed by atoms with van der Waals surface area (Å²) < 4.78 is 21.7. The topological polar surface area (TPSA) is 71.1 Å². The minimum atomic E-state index is -0.599. The van der Waals surface area contributed by atoms with Crippen LogP contribution in [0, 0.1) is 0 Å². The summed E-state index contributed by atoms with van der Waals surface area (Å²) in [5.41, 5.74) is 2.39. The Balaban J connectivity index is 1.83. The number of hydrogen-bond donors (Lipinski definition) is 0. The maximum atomic E-state index is 13.8. The summed E-state index contributed by atoms with van der Waals surface area (Å²) in [4.78, 5) is 26.8. The lowest BCUT2D eigenvalue weighted by Gasteiger charge is -2.15. The Hall–Kier alpha value is -4.06. The van der Waals surface area contributed by atoms with Gasteiger partial charge in [0.25, 0.3) is 0 Å². The van der Waals surface area contributed by atoms with Gasteiger partial charge in [-0.3, -0.25) is 4.79 Å². The summed E-state index contributed by atoms with van der Waals surface area (Å²) >= 11 is 0. The third-order valence-electron chi connectivity index (χ3n) is 5.34. The van der Waals surface area contributed by atoms with Crippen LogP contribution in [0.2, 0.25) is 0 Å². The van der Waals surface area contributed by atoms with Gasteiger partial charge in [0.15, 0.2) is 17.3 Å². The van der Waals surface area contributed by atoms with Crippen molar-refractivity contribution in [1.29, 1.82) is 0 Å². The van der Waals surface area contributed by atoms with Crippen molar-refractivity contribution in [1.82, 2.24) is 0 Å². The lowest BCUT2D eigenvalue weighted by atomic mass is 9.89. The van der Waals surface area contributed by atoms with Crippen molar-refractivity contribution >= 4 is 17.3 Å². The molecule has 6 heteroatoms. The zero-order valence-corrected chi connectivity index (χ0v) is 19.4. The lowest BCUT2D eigenvalue weighted by molar-refractivity contribution is -0.133. The second-order valence-corrected chi connectivity index (χ2v) is 8.10. The van der Waals surface area contributed by atoms with Gasteiger partial charge in [0, 0.05) is 17.6 Å².